The second-order valence-electron chi connectivity index (χ2n) is 4.93. The molecule has 1 atom stereocenters. The molecule has 1 amide bonds. The predicted octanol–water partition coefficient (Wildman–Crippen LogP) is 2.30. The Bertz CT molecular complexity index is 631. The second-order valence-corrected chi connectivity index (χ2v) is 5.85. The molecule has 0 aliphatic carbocycles. The third-order valence-corrected chi connectivity index (χ3v) is 3.93. The summed E-state index contributed by atoms with van der Waals surface area (Å²) in [4.78, 5) is 12.4. The van der Waals surface area contributed by atoms with E-state index in [1.807, 2.05) is 38.2 Å². The summed E-state index contributed by atoms with van der Waals surface area (Å²) in [5, 5.41) is 6.92. The molecule has 5 nitrogen and oxygen atoms in total. The number of aromatic nitrogens is 2. The number of nitrogens with zero attached hydrogens (tertiary/aromatic N) is 2. The van der Waals surface area contributed by atoms with Gasteiger partial charge in [-0.3, -0.25) is 9.48 Å². The van der Waals surface area contributed by atoms with Crippen molar-refractivity contribution in [2.45, 2.75) is 19.4 Å². The van der Waals surface area contributed by atoms with Crippen molar-refractivity contribution in [3.63, 3.8) is 0 Å². The van der Waals surface area contributed by atoms with Gasteiger partial charge in [0.2, 0.25) is 5.91 Å². The van der Waals surface area contributed by atoms with Crippen LogP contribution in [0.4, 0.5) is 5.69 Å². The zero-order valence-electron chi connectivity index (χ0n) is 11.6. The predicted molar refractivity (Wildman–Crippen MR) is 82.3 cm³/mol. The van der Waals surface area contributed by atoms with Gasteiger partial charge in [-0.25, -0.2) is 0 Å². The minimum atomic E-state index is -1.11. The molecule has 0 radical (unpaired) electrons. The first kappa shape index (κ1) is 14.7. The molecule has 6 heteroatoms. The van der Waals surface area contributed by atoms with Crippen molar-refractivity contribution in [1.29, 1.82) is 0 Å². The van der Waals surface area contributed by atoms with E-state index in [0.717, 1.165) is 15.7 Å². The first-order chi connectivity index (χ1) is 9.32. The summed E-state index contributed by atoms with van der Waals surface area (Å²) < 4.78 is 2.64. The standard InChI is InChI=1S/C14H17BrN4O/c1-9-12(8-17-19(9)3)18-13(20)14(2,16)10-4-6-11(15)7-5-10/h4-8H,16H2,1-3H3,(H,18,20). The van der Waals surface area contributed by atoms with Crippen LogP contribution in [-0.2, 0) is 17.4 Å². The van der Waals surface area contributed by atoms with Crippen LogP contribution in [0.5, 0.6) is 0 Å². The van der Waals surface area contributed by atoms with Crippen LogP contribution in [0, 0.1) is 6.92 Å². The molecule has 3 N–H and O–H groups in total. The molecule has 106 valence electrons. The smallest absolute Gasteiger partial charge is 0.248 e. The van der Waals surface area contributed by atoms with Crippen LogP contribution in [0.15, 0.2) is 34.9 Å². The zero-order valence-corrected chi connectivity index (χ0v) is 13.2. The number of hydrogen-bond donors (Lipinski definition) is 2. The lowest BCUT2D eigenvalue weighted by atomic mass is 9.92. The molecular weight excluding hydrogens is 320 g/mol. The molecule has 1 aromatic heterocycles. The SMILES string of the molecule is Cc1c(NC(=O)C(C)(N)c2ccc(Br)cc2)cnn1C. The van der Waals surface area contributed by atoms with E-state index in [9.17, 15) is 4.79 Å². The number of benzene rings is 1. The van der Waals surface area contributed by atoms with Gasteiger partial charge in [0.25, 0.3) is 0 Å². The number of carbonyl (C=O) groups is 1. The molecule has 0 saturated heterocycles. The average Bonchev–Trinajstić information content (AvgIpc) is 2.71. The summed E-state index contributed by atoms with van der Waals surface area (Å²) in [6.07, 6.45) is 1.62. The number of nitrogens with one attached hydrogen (secondary N) is 1. The van der Waals surface area contributed by atoms with Crippen LogP contribution in [0.2, 0.25) is 0 Å². The third kappa shape index (κ3) is 2.76. The lowest BCUT2D eigenvalue weighted by molar-refractivity contribution is -0.120. The fraction of sp³-hybridized carbons (Fsp3) is 0.286. The van der Waals surface area contributed by atoms with E-state index in [2.05, 4.69) is 26.3 Å². The van der Waals surface area contributed by atoms with Gasteiger partial charge < -0.3 is 11.1 Å². The molecule has 1 heterocycles. The van der Waals surface area contributed by atoms with Gasteiger partial charge >= 0.3 is 0 Å². The summed E-state index contributed by atoms with van der Waals surface area (Å²) >= 11 is 3.36. The lowest BCUT2D eigenvalue weighted by Gasteiger charge is -2.24. The third-order valence-electron chi connectivity index (χ3n) is 3.40. The van der Waals surface area contributed by atoms with Gasteiger partial charge in [0.15, 0.2) is 0 Å². The summed E-state index contributed by atoms with van der Waals surface area (Å²) in [5.74, 6) is -0.268. The number of hydrogen-bond acceptors (Lipinski definition) is 3. The molecule has 2 rings (SSSR count). The number of rotatable bonds is 3. The van der Waals surface area contributed by atoms with Crippen molar-refractivity contribution < 1.29 is 4.79 Å². The van der Waals surface area contributed by atoms with Gasteiger partial charge in [-0.2, -0.15) is 5.10 Å². The van der Waals surface area contributed by atoms with Crippen molar-refractivity contribution >= 4 is 27.5 Å². The lowest BCUT2D eigenvalue weighted by Crippen LogP contribution is -2.45. The van der Waals surface area contributed by atoms with Crippen molar-refractivity contribution in [3.05, 3.63) is 46.2 Å². The van der Waals surface area contributed by atoms with E-state index in [4.69, 9.17) is 5.73 Å². The molecule has 0 fully saturated rings. The molecule has 20 heavy (non-hydrogen) atoms. The van der Waals surface area contributed by atoms with E-state index in [1.165, 1.54) is 0 Å². The van der Waals surface area contributed by atoms with Crippen molar-refractivity contribution in [3.8, 4) is 0 Å². The van der Waals surface area contributed by atoms with Gasteiger partial charge in [0.05, 0.1) is 17.6 Å². The normalized spacial score (nSPS) is 13.8. The Morgan fingerprint density at radius 1 is 1.40 bits per heavy atom. The largest absolute Gasteiger partial charge is 0.321 e. The number of carbonyl (C=O) groups excluding carboxylic acids is 1. The van der Waals surface area contributed by atoms with Gasteiger partial charge in [-0.05, 0) is 31.5 Å². The quantitative estimate of drug-likeness (QED) is 0.903. The first-order valence-corrected chi connectivity index (χ1v) is 6.96. The topological polar surface area (TPSA) is 72.9 Å². The van der Waals surface area contributed by atoms with Gasteiger partial charge in [0, 0.05) is 11.5 Å². The Kier molecular flexibility index (Phi) is 3.96. The highest BCUT2D eigenvalue weighted by Crippen LogP contribution is 2.23. The number of aryl methyl sites for hydroxylation is 1. The molecular formula is C14H17BrN4O. The van der Waals surface area contributed by atoms with Crippen molar-refractivity contribution in [1.82, 2.24) is 9.78 Å². The van der Waals surface area contributed by atoms with Crippen molar-refractivity contribution in [2.24, 2.45) is 12.8 Å². The molecule has 1 unspecified atom stereocenters. The fourth-order valence-corrected chi connectivity index (χ4v) is 2.07. The van der Waals surface area contributed by atoms with Gasteiger partial charge in [-0.1, -0.05) is 28.1 Å². The highest BCUT2D eigenvalue weighted by molar-refractivity contribution is 9.10. The molecule has 0 saturated carbocycles. The van der Waals surface area contributed by atoms with Crippen LogP contribution in [0.1, 0.15) is 18.2 Å². The highest BCUT2D eigenvalue weighted by Gasteiger charge is 2.31. The molecule has 2 aromatic rings. The van der Waals surface area contributed by atoms with E-state index < -0.39 is 5.54 Å². The van der Waals surface area contributed by atoms with Crippen LogP contribution in [-0.4, -0.2) is 15.7 Å². The van der Waals surface area contributed by atoms with Crippen molar-refractivity contribution in [2.75, 3.05) is 5.32 Å². The molecule has 0 bridgehead atoms. The van der Waals surface area contributed by atoms with E-state index in [-0.39, 0.29) is 5.91 Å². The van der Waals surface area contributed by atoms with E-state index in [0.29, 0.717) is 5.69 Å². The van der Waals surface area contributed by atoms with Crippen LogP contribution in [0.3, 0.4) is 0 Å². The maximum absolute atomic E-state index is 12.4. The number of nitrogens with two attached hydrogens (primary N) is 1. The van der Waals surface area contributed by atoms with Crippen LogP contribution < -0.4 is 11.1 Å². The second kappa shape index (κ2) is 5.38. The Hall–Kier alpha value is -1.66. The maximum atomic E-state index is 12.4. The van der Waals surface area contributed by atoms with Gasteiger partial charge in [0.1, 0.15) is 5.54 Å². The highest BCUT2D eigenvalue weighted by atomic mass is 79.9. The van der Waals surface area contributed by atoms with E-state index in [1.54, 1.807) is 17.8 Å². The first-order valence-electron chi connectivity index (χ1n) is 6.17. The Morgan fingerprint density at radius 2 is 2.00 bits per heavy atom. The Morgan fingerprint density at radius 3 is 2.50 bits per heavy atom. The Balaban J connectivity index is 2.23. The number of amides is 1. The zero-order chi connectivity index (χ0) is 14.9. The summed E-state index contributed by atoms with van der Waals surface area (Å²) in [6.45, 7) is 3.58. The summed E-state index contributed by atoms with van der Waals surface area (Å²) in [7, 11) is 1.82. The molecule has 0 spiro atoms. The van der Waals surface area contributed by atoms with Gasteiger partial charge in [-0.15, -0.1) is 0 Å². The monoisotopic (exact) mass is 336 g/mol. The van der Waals surface area contributed by atoms with E-state index >= 15 is 0 Å². The maximum Gasteiger partial charge on any atom is 0.248 e. The fourth-order valence-electron chi connectivity index (χ4n) is 1.80. The average molecular weight is 337 g/mol. The number of anilines is 1. The van der Waals surface area contributed by atoms with Crippen LogP contribution in [0.25, 0.3) is 0 Å². The molecule has 0 aliphatic rings. The molecule has 1 aromatic carbocycles. The minimum Gasteiger partial charge on any atom is -0.321 e. The minimum absolute atomic E-state index is 0.268. The summed E-state index contributed by atoms with van der Waals surface area (Å²) in [5.41, 5.74) is 7.38. The summed E-state index contributed by atoms with van der Waals surface area (Å²) in [6, 6.07) is 7.39. The molecule has 0 aliphatic heterocycles. The van der Waals surface area contributed by atoms with Crippen LogP contribution >= 0.6 is 15.9 Å². The Labute approximate surface area is 126 Å². The number of halogens is 1.